The molecule has 0 spiro atoms. The van der Waals surface area contributed by atoms with Gasteiger partial charge in [0, 0.05) is 13.1 Å². The Morgan fingerprint density at radius 1 is 1.47 bits per heavy atom. The Labute approximate surface area is 106 Å². The zero-order chi connectivity index (χ0) is 12.9. The van der Waals surface area contributed by atoms with Crippen LogP contribution in [0, 0.1) is 16.7 Å². The van der Waals surface area contributed by atoms with E-state index in [9.17, 15) is 5.26 Å². The van der Waals surface area contributed by atoms with Gasteiger partial charge in [-0.3, -0.25) is 5.32 Å². The van der Waals surface area contributed by atoms with Gasteiger partial charge >= 0.3 is 0 Å². The normalized spacial score (nSPS) is 23.9. The van der Waals surface area contributed by atoms with Crippen molar-refractivity contribution >= 4 is 0 Å². The maximum atomic E-state index is 9.22. The highest BCUT2D eigenvalue weighted by molar-refractivity contribution is 5.04. The van der Waals surface area contributed by atoms with Crippen molar-refractivity contribution in [3.8, 4) is 6.07 Å². The molecule has 0 aromatic rings. The standard InChI is InChI=1S/C14H27N3/c1-5-16-14(4,11-15)8-10-17-9-6-7-13(2,3)12-17/h16H,5-10,12H2,1-4H3. The summed E-state index contributed by atoms with van der Waals surface area (Å²) in [6, 6.07) is 2.40. The molecule has 1 saturated heterocycles. The first-order valence-corrected chi connectivity index (χ1v) is 6.79. The fraction of sp³-hybridized carbons (Fsp3) is 0.929. The number of nitrogens with one attached hydrogen (secondary N) is 1. The van der Waals surface area contributed by atoms with E-state index in [1.165, 1.54) is 25.9 Å². The summed E-state index contributed by atoms with van der Waals surface area (Å²) in [6.45, 7) is 13.0. The predicted molar refractivity (Wildman–Crippen MR) is 71.8 cm³/mol. The molecule has 0 amide bonds. The molecule has 1 rings (SSSR count). The molecular formula is C14H27N3. The summed E-state index contributed by atoms with van der Waals surface area (Å²) in [4.78, 5) is 2.51. The van der Waals surface area contributed by atoms with Crippen molar-refractivity contribution in [3.05, 3.63) is 0 Å². The lowest BCUT2D eigenvalue weighted by molar-refractivity contribution is 0.111. The second kappa shape index (κ2) is 5.84. The van der Waals surface area contributed by atoms with Gasteiger partial charge in [0.1, 0.15) is 5.54 Å². The average Bonchev–Trinajstić information content (AvgIpc) is 2.26. The lowest BCUT2D eigenvalue weighted by atomic mass is 9.84. The summed E-state index contributed by atoms with van der Waals surface area (Å²) < 4.78 is 0. The van der Waals surface area contributed by atoms with E-state index in [1.54, 1.807) is 0 Å². The number of nitrogens with zero attached hydrogens (tertiary/aromatic N) is 2. The van der Waals surface area contributed by atoms with Gasteiger partial charge < -0.3 is 4.90 Å². The first-order valence-electron chi connectivity index (χ1n) is 6.79. The van der Waals surface area contributed by atoms with Gasteiger partial charge in [-0.15, -0.1) is 0 Å². The zero-order valence-corrected chi connectivity index (χ0v) is 11.8. The highest BCUT2D eigenvalue weighted by atomic mass is 15.1. The third-order valence-electron chi connectivity index (χ3n) is 3.72. The molecule has 1 fully saturated rings. The summed E-state index contributed by atoms with van der Waals surface area (Å²) in [5.41, 5.74) is 0.0792. The van der Waals surface area contributed by atoms with Crippen molar-refractivity contribution < 1.29 is 0 Å². The van der Waals surface area contributed by atoms with Crippen LogP contribution < -0.4 is 5.32 Å². The van der Waals surface area contributed by atoms with Crippen molar-refractivity contribution in [2.24, 2.45) is 5.41 Å². The lowest BCUT2D eigenvalue weighted by Crippen LogP contribution is -2.46. The van der Waals surface area contributed by atoms with E-state index < -0.39 is 0 Å². The quantitative estimate of drug-likeness (QED) is 0.798. The van der Waals surface area contributed by atoms with Crippen molar-refractivity contribution in [3.63, 3.8) is 0 Å². The second-order valence-electron chi connectivity index (χ2n) is 6.27. The van der Waals surface area contributed by atoms with Crippen LogP contribution in [-0.4, -0.2) is 36.6 Å². The van der Waals surface area contributed by atoms with Crippen LogP contribution >= 0.6 is 0 Å². The molecule has 0 aliphatic carbocycles. The SMILES string of the molecule is CCNC(C)(C#N)CCN1CCCC(C)(C)C1. The second-order valence-corrected chi connectivity index (χ2v) is 6.27. The average molecular weight is 237 g/mol. The van der Waals surface area contributed by atoms with Gasteiger partial charge in [0.25, 0.3) is 0 Å². The van der Waals surface area contributed by atoms with E-state index in [0.717, 1.165) is 19.5 Å². The first kappa shape index (κ1) is 14.5. The molecule has 1 unspecified atom stereocenters. The van der Waals surface area contributed by atoms with Crippen molar-refractivity contribution in [2.45, 2.75) is 52.5 Å². The third-order valence-corrected chi connectivity index (χ3v) is 3.72. The Morgan fingerprint density at radius 2 is 2.18 bits per heavy atom. The molecular weight excluding hydrogens is 210 g/mol. The molecule has 1 aliphatic rings. The van der Waals surface area contributed by atoms with Crippen LogP contribution in [0.15, 0.2) is 0 Å². The molecule has 1 heterocycles. The molecule has 0 saturated carbocycles. The molecule has 1 aliphatic heterocycles. The highest BCUT2D eigenvalue weighted by Gasteiger charge is 2.28. The van der Waals surface area contributed by atoms with Crippen LogP contribution in [0.4, 0.5) is 0 Å². The number of piperidine rings is 1. The minimum atomic E-state index is -0.365. The maximum Gasteiger partial charge on any atom is 0.105 e. The van der Waals surface area contributed by atoms with Gasteiger partial charge in [0.2, 0.25) is 0 Å². The summed E-state index contributed by atoms with van der Waals surface area (Å²) in [6.07, 6.45) is 3.52. The Kier molecular flexibility index (Phi) is 4.97. The van der Waals surface area contributed by atoms with Crippen LogP contribution in [0.1, 0.15) is 47.0 Å². The number of likely N-dealkylation sites (tertiary alicyclic amines) is 1. The van der Waals surface area contributed by atoms with E-state index >= 15 is 0 Å². The Bertz CT molecular complexity index is 280. The number of nitriles is 1. The number of rotatable bonds is 5. The fourth-order valence-electron chi connectivity index (χ4n) is 2.69. The summed E-state index contributed by atoms with van der Waals surface area (Å²) in [7, 11) is 0. The molecule has 17 heavy (non-hydrogen) atoms. The largest absolute Gasteiger partial charge is 0.303 e. The molecule has 0 aromatic heterocycles. The first-order chi connectivity index (χ1) is 7.91. The van der Waals surface area contributed by atoms with Gasteiger partial charge in [-0.05, 0) is 44.7 Å². The van der Waals surface area contributed by atoms with Crippen LogP contribution in [0.3, 0.4) is 0 Å². The Morgan fingerprint density at radius 3 is 2.71 bits per heavy atom. The molecule has 0 aromatic carbocycles. The molecule has 98 valence electrons. The Balaban J connectivity index is 2.42. The van der Waals surface area contributed by atoms with E-state index in [-0.39, 0.29) is 5.54 Å². The smallest absolute Gasteiger partial charge is 0.105 e. The zero-order valence-electron chi connectivity index (χ0n) is 11.8. The predicted octanol–water partition coefficient (Wildman–Crippen LogP) is 2.39. The third kappa shape index (κ3) is 4.65. The molecule has 1 N–H and O–H groups in total. The van der Waals surface area contributed by atoms with Crippen molar-refractivity contribution in [1.29, 1.82) is 5.26 Å². The van der Waals surface area contributed by atoms with Gasteiger partial charge in [-0.1, -0.05) is 20.8 Å². The van der Waals surface area contributed by atoms with E-state index in [1.807, 2.05) is 6.92 Å². The summed E-state index contributed by atoms with van der Waals surface area (Å²) >= 11 is 0. The van der Waals surface area contributed by atoms with Gasteiger partial charge in [-0.25, -0.2) is 0 Å². The maximum absolute atomic E-state index is 9.22. The lowest BCUT2D eigenvalue weighted by Gasteiger charge is -2.39. The van der Waals surface area contributed by atoms with Crippen LogP contribution in [0.2, 0.25) is 0 Å². The van der Waals surface area contributed by atoms with Gasteiger partial charge in [-0.2, -0.15) is 5.26 Å². The minimum Gasteiger partial charge on any atom is -0.303 e. The van der Waals surface area contributed by atoms with Crippen LogP contribution in [0.5, 0.6) is 0 Å². The Hall–Kier alpha value is -0.590. The van der Waals surface area contributed by atoms with Crippen LogP contribution in [-0.2, 0) is 0 Å². The molecule has 1 atom stereocenters. The highest BCUT2D eigenvalue weighted by Crippen LogP contribution is 2.28. The summed E-state index contributed by atoms with van der Waals surface area (Å²) in [5.74, 6) is 0. The van der Waals surface area contributed by atoms with Crippen molar-refractivity contribution in [1.82, 2.24) is 10.2 Å². The van der Waals surface area contributed by atoms with Gasteiger partial charge in [0.15, 0.2) is 0 Å². The summed E-state index contributed by atoms with van der Waals surface area (Å²) in [5, 5.41) is 12.5. The topological polar surface area (TPSA) is 39.1 Å². The molecule has 3 heteroatoms. The van der Waals surface area contributed by atoms with Gasteiger partial charge in [0.05, 0.1) is 6.07 Å². The van der Waals surface area contributed by atoms with E-state index in [2.05, 4.69) is 37.1 Å². The number of hydrogen-bond acceptors (Lipinski definition) is 3. The van der Waals surface area contributed by atoms with E-state index in [0.29, 0.717) is 5.41 Å². The van der Waals surface area contributed by atoms with E-state index in [4.69, 9.17) is 0 Å². The van der Waals surface area contributed by atoms with Crippen molar-refractivity contribution in [2.75, 3.05) is 26.2 Å². The minimum absolute atomic E-state index is 0.365. The molecule has 0 bridgehead atoms. The molecule has 3 nitrogen and oxygen atoms in total. The monoisotopic (exact) mass is 237 g/mol. The van der Waals surface area contributed by atoms with Crippen LogP contribution in [0.25, 0.3) is 0 Å². The number of hydrogen-bond donors (Lipinski definition) is 1. The fourth-order valence-corrected chi connectivity index (χ4v) is 2.69. The molecule has 0 radical (unpaired) electrons.